The molecule has 3 aromatic rings. The fourth-order valence-electron chi connectivity index (χ4n) is 1.86. The molecule has 0 aliphatic carbocycles. The van der Waals surface area contributed by atoms with Gasteiger partial charge in [-0.15, -0.1) is 11.3 Å². The summed E-state index contributed by atoms with van der Waals surface area (Å²) < 4.78 is 5.25. The van der Waals surface area contributed by atoms with Crippen molar-refractivity contribution < 1.29 is 14.3 Å². The second kappa shape index (κ2) is 5.41. The fourth-order valence-corrected chi connectivity index (χ4v) is 2.56. The van der Waals surface area contributed by atoms with E-state index in [1.165, 1.54) is 17.4 Å². The van der Waals surface area contributed by atoms with Crippen LogP contribution >= 0.6 is 11.3 Å². The zero-order valence-corrected chi connectivity index (χ0v) is 12.0. The number of phenolic OH excluding ortho intramolecular Hbond substituents is 1. The highest BCUT2D eigenvalue weighted by atomic mass is 32.1. The molecule has 1 aromatic carbocycles. The molecular weight excluding hydrogens is 288 g/mol. The quantitative estimate of drug-likeness (QED) is 0.774. The summed E-state index contributed by atoms with van der Waals surface area (Å²) in [5.41, 5.74) is 1.78. The number of thiazole rings is 1. The Bertz CT molecular complexity index is 778. The standard InChI is InChI=1S/C15H12N2O3S/c1-9-4-5-12(18)10(7-9)14(19)17-15-16-11(8-21-15)13-3-2-6-20-13/h2-8,18H,1H3,(H,16,17,19). The summed E-state index contributed by atoms with van der Waals surface area (Å²) in [6.07, 6.45) is 1.57. The van der Waals surface area contributed by atoms with E-state index in [0.29, 0.717) is 16.6 Å². The molecule has 106 valence electrons. The van der Waals surface area contributed by atoms with E-state index < -0.39 is 5.91 Å². The summed E-state index contributed by atoms with van der Waals surface area (Å²) in [4.78, 5) is 16.4. The van der Waals surface area contributed by atoms with Gasteiger partial charge >= 0.3 is 0 Å². The highest BCUT2D eigenvalue weighted by Crippen LogP contribution is 2.26. The topological polar surface area (TPSA) is 75.4 Å². The number of phenols is 1. The third-order valence-electron chi connectivity index (χ3n) is 2.89. The Balaban J connectivity index is 1.80. The minimum Gasteiger partial charge on any atom is -0.507 e. The van der Waals surface area contributed by atoms with Crippen LogP contribution in [0.15, 0.2) is 46.4 Å². The Morgan fingerprint density at radius 2 is 2.24 bits per heavy atom. The van der Waals surface area contributed by atoms with Crippen LogP contribution in [0.5, 0.6) is 5.75 Å². The van der Waals surface area contributed by atoms with Crippen molar-refractivity contribution in [2.45, 2.75) is 6.92 Å². The molecule has 0 spiro atoms. The van der Waals surface area contributed by atoms with Gasteiger partial charge in [-0.1, -0.05) is 11.6 Å². The summed E-state index contributed by atoms with van der Waals surface area (Å²) in [6, 6.07) is 8.45. The number of furan rings is 1. The Morgan fingerprint density at radius 3 is 3.00 bits per heavy atom. The first-order valence-electron chi connectivity index (χ1n) is 6.24. The van der Waals surface area contributed by atoms with E-state index in [1.807, 2.05) is 6.92 Å². The Hall–Kier alpha value is -2.60. The van der Waals surface area contributed by atoms with Crippen molar-refractivity contribution in [2.75, 3.05) is 5.32 Å². The molecule has 5 nitrogen and oxygen atoms in total. The average molecular weight is 300 g/mol. The van der Waals surface area contributed by atoms with E-state index in [9.17, 15) is 9.90 Å². The van der Waals surface area contributed by atoms with Crippen LogP contribution in [0, 0.1) is 6.92 Å². The van der Waals surface area contributed by atoms with Crippen molar-refractivity contribution in [3.05, 3.63) is 53.1 Å². The number of hydrogen-bond donors (Lipinski definition) is 2. The molecule has 0 saturated heterocycles. The molecule has 2 heterocycles. The number of amides is 1. The number of nitrogens with one attached hydrogen (secondary N) is 1. The number of carbonyl (C=O) groups excluding carboxylic acids is 1. The smallest absolute Gasteiger partial charge is 0.261 e. The van der Waals surface area contributed by atoms with E-state index in [2.05, 4.69) is 10.3 Å². The zero-order chi connectivity index (χ0) is 14.8. The highest BCUT2D eigenvalue weighted by molar-refractivity contribution is 7.14. The van der Waals surface area contributed by atoms with Crippen molar-refractivity contribution in [1.82, 2.24) is 4.98 Å². The van der Waals surface area contributed by atoms with E-state index in [0.717, 1.165) is 5.56 Å². The van der Waals surface area contributed by atoms with Crippen molar-refractivity contribution >= 4 is 22.4 Å². The molecule has 1 amide bonds. The van der Waals surface area contributed by atoms with Crippen molar-refractivity contribution in [3.8, 4) is 17.2 Å². The second-order valence-electron chi connectivity index (χ2n) is 4.49. The van der Waals surface area contributed by atoms with Crippen LogP contribution in [-0.2, 0) is 0 Å². The predicted molar refractivity (Wildman–Crippen MR) is 80.6 cm³/mol. The third kappa shape index (κ3) is 2.80. The largest absolute Gasteiger partial charge is 0.507 e. The minimum atomic E-state index is -0.392. The van der Waals surface area contributed by atoms with Gasteiger partial charge in [0.25, 0.3) is 5.91 Å². The van der Waals surface area contributed by atoms with Crippen LogP contribution in [0.3, 0.4) is 0 Å². The predicted octanol–water partition coefficient (Wildman–Crippen LogP) is 3.67. The van der Waals surface area contributed by atoms with Crippen molar-refractivity contribution in [1.29, 1.82) is 0 Å². The normalized spacial score (nSPS) is 10.5. The molecule has 2 N–H and O–H groups in total. The molecular formula is C15H12N2O3S. The minimum absolute atomic E-state index is 0.0547. The fraction of sp³-hybridized carbons (Fsp3) is 0.0667. The Kier molecular flexibility index (Phi) is 3.45. The number of hydrogen-bond acceptors (Lipinski definition) is 5. The second-order valence-corrected chi connectivity index (χ2v) is 5.35. The monoisotopic (exact) mass is 300 g/mol. The SMILES string of the molecule is Cc1ccc(O)c(C(=O)Nc2nc(-c3ccco3)cs2)c1. The molecule has 3 rings (SSSR count). The number of aromatic nitrogens is 1. The number of carbonyl (C=O) groups is 1. The maximum atomic E-state index is 12.2. The lowest BCUT2D eigenvalue weighted by atomic mass is 10.1. The molecule has 21 heavy (non-hydrogen) atoms. The van der Waals surface area contributed by atoms with Gasteiger partial charge in [-0.2, -0.15) is 0 Å². The van der Waals surface area contributed by atoms with Gasteiger partial charge in [0.15, 0.2) is 10.9 Å². The third-order valence-corrected chi connectivity index (χ3v) is 3.65. The summed E-state index contributed by atoms with van der Waals surface area (Å²) >= 11 is 1.30. The van der Waals surface area contributed by atoms with E-state index in [-0.39, 0.29) is 11.3 Å². The number of aryl methyl sites for hydroxylation is 1. The molecule has 0 aliphatic heterocycles. The van der Waals surface area contributed by atoms with Crippen LogP contribution in [0.25, 0.3) is 11.5 Å². The van der Waals surface area contributed by atoms with Gasteiger partial charge in [0.05, 0.1) is 11.8 Å². The van der Waals surface area contributed by atoms with Gasteiger partial charge in [-0.25, -0.2) is 4.98 Å². The van der Waals surface area contributed by atoms with Gasteiger partial charge in [-0.05, 0) is 31.2 Å². The summed E-state index contributed by atoms with van der Waals surface area (Å²) in [6.45, 7) is 1.86. The first-order chi connectivity index (χ1) is 10.1. The molecule has 6 heteroatoms. The van der Waals surface area contributed by atoms with Crippen molar-refractivity contribution in [3.63, 3.8) is 0 Å². The summed E-state index contributed by atoms with van der Waals surface area (Å²) in [5, 5.41) is 14.7. The van der Waals surface area contributed by atoms with Crippen LogP contribution in [0.4, 0.5) is 5.13 Å². The lowest BCUT2D eigenvalue weighted by Gasteiger charge is -2.05. The van der Waals surface area contributed by atoms with Crippen LogP contribution < -0.4 is 5.32 Å². The average Bonchev–Trinajstić information content (AvgIpc) is 3.11. The first-order valence-corrected chi connectivity index (χ1v) is 7.12. The molecule has 0 aliphatic rings. The number of rotatable bonds is 3. The van der Waals surface area contributed by atoms with Gasteiger partial charge in [0.2, 0.25) is 0 Å². The lowest BCUT2D eigenvalue weighted by molar-refractivity contribution is 0.102. The molecule has 0 radical (unpaired) electrons. The van der Waals surface area contributed by atoms with Gasteiger partial charge in [0.1, 0.15) is 11.4 Å². The number of benzene rings is 1. The van der Waals surface area contributed by atoms with E-state index in [1.54, 1.807) is 35.9 Å². The molecule has 0 bridgehead atoms. The van der Waals surface area contributed by atoms with Gasteiger partial charge < -0.3 is 9.52 Å². The first kappa shape index (κ1) is 13.4. The molecule has 2 aromatic heterocycles. The van der Waals surface area contributed by atoms with Gasteiger partial charge in [0, 0.05) is 5.38 Å². The van der Waals surface area contributed by atoms with E-state index in [4.69, 9.17) is 4.42 Å². The lowest BCUT2D eigenvalue weighted by Crippen LogP contribution is -2.12. The zero-order valence-electron chi connectivity index (χ0n) is 11.2. The van der Waals surface area contributed by atoms with Crippen molar-refractivity contribution in [2.24, 2.45) is 0 Å². The summed E-state index contributed by atoms with van der Waals surface area (Å²) in [7, 11) is 0. The molecule has 0 unspecified atom stereocenters. The number of aromatic hydroxyl groups is 1. The molecule has 0 atom stereocenters. The van der Waals surface area contributed by atoms with Gasteiger partial charge in [-0.3, -0.25) is 10.1 Å². The highest BCUT2D eigenvalue weighted by Gasteiger charge is 2.14. The number of nitrogens with zero attached hydrogens (tertiary/aromatic N) is 1. The van der Waals surface area contributed by atoms with Crippen LogP contribution in [0.1, 0.15) is 15.9 Å². The van der Waals surface area contributed by atoms with E-state index >= 15 is 0 Å². The van der Waals surface area contributed by atoms with Crippen LogP contribution in [-0.4, -0.2) is 16.0 Å². The maximum absolute atomic E-state index is 12.2. The van der Waals surface area contributed by atoms with Crippen LogP contribution in [0.2, 0.25) is 0 Å². The Morgan fingerprint density at radius 1 is 1.38 bits per heavy atom. The summed E-state index contributed by atoms with van der Waals surface area (Å²) in [5.74, 6) is 0.197. The Labute approximate surface area is 124 Å². The maximum Gasteiger partial charge on any atom is 0.261 e. The molecule has 0 saturated carbocycles. The number of anilines is 1. The molecule has 0 fully saturated rings.